The number of nitrogens with one attached hydrogen (secondary N) is 1. The molecule has 24 heavy (non-hydrogen) atoms. The summed E-state index contributed by atoms with van der Waals surface area (Å²) in [5.41, 5.74) is 1.50. The van der Waals surface area contributed by atoms with Crippen molar-refractivity contribution >= 4 is 17.5 Å². The first kappa shape index (κ1) is 17.5. The van der Waals surface area contributed by atoms with Gasteiger partial charge in [-0.3, -0.25) is 9.59 Å². The molecular formula is C18H19FN2O3. The standard InChI is InChI=1S/C18H19FN2O3/c1-13-4-3-5-16(10-13)24-12-18(23)21(2)11-17(22)20-15-8-6-14(19)7-9-15/h3-10H,11-12H2,1-2H3,(H,20,22). The Morgan fingerprint density at radius 2 is 1.88 bits per heavy atom. The first-order valence-electron chi connectivity index (χ1n) is 7.43. The van der Waals surface area contributed by atoms with Crippen LogP contribution in [0.3, 0.4) is 0 Å². The van der Waals surface area contributed by atoms with E-state index in [2.05, 4.69) is 5.32 Å². The van der Waals surface area contributed by atoms with Gasteiger partial charge >= 0.3 is 0 Å². The molecule has 0 atom stereocenters. The minimum Gasteiger partial charge on any atom is -0.484 e. The molecule has 0 heterocycles. The van der Waals surface area contributed by atoms with Crippen molar-refractivity contribution in [3.63, 3.8) is 0 Å². The highest BCUT2D eigenvalue weighted by Gasteiger charge is 2.14. The molecule has 0 radical (unpaired) electrons. The number of hydrogen-bond acceptors (Lipinski definition) is 3. The second-order valence-electron chi connectivity index (χ2n) is 5.41. The van der Waals surface area contributed by atoms with E-state index in [1.54, 1.807) is 6.07 Å². The second kappa shape index (κ2) is 8.10. The van der Waals surface area contributed by atoms with Crippen LogP contribution in [-0.2, 0) is 9.59 Å². The van der Waals surface area contributed by atoms with Crippen molar-refractivity contribution in [2.24, 2.45) is 0 Å². The molecule has 0 fully saturated rings. The van der Waals surface area contributed by atoms with E-state index in [0.29, 0.717) is 11.4 Å². The number of halogens is 1. The summed E-state index contributed by atoms with van der Waals surface area (Å²) in [6.45, 7) is 1.66. The second-order valence-corrected chi connectivity index (χ2v) is 5.41. The van der Waals surface area contributed by atoms with E-state index >= 15 is 0 Å². The zero-order valence-electron chi connectivity index (χ0n) is 13.6. The van der Waals surface area contributed by atoms with E-state index < -0.39 is 0 Å². The van der Waals surface area contributed by atoms with Gasteiger partial charge in [-0.1, -0.05) is 12.1 Å². The molecule has 2 aromatic rings. The van der Waals surface area contributed by atoms with Gasteiger partial charge in [-0.05, 0) is 48.9 Å². The molecule has 0 aliphatic heterocycles. The molecule has 2 amide bonds. The van der Waals surface area contributed by atoms with Crippen LogP contribution in [-0.4, -0.2) is 36.9 Å². The minimum absolute atomic E-state index is 0.118. The number of benzene rings is 2. The predicted octanol–water partition coefficient (Wildman–Crippen LogP) is 2.61. The van der Waals surface area contributed by atoms with Crippen LogP contribution in [0, 0.1) is 12.7 Å². The number of aryl methyl sites for hydroxylation is 1. The zero-order chi connectivity index (χ0) is 17.5. The van der Waals surface area contributed by atoms with E-state index in [4.69, 9.17) is 4.74 Å². The van der Waals surface area contributed by atoms with E-state index in [1.807, 2.05) is 25.1 Å². The van der Waals surface area contributed by atoms with Crippen molar-refractivity contribution in [1.82, 2.24) is 4.90 Å². The van der Waals surface area contributed by atoms with Gasteiger partial charge in [0.1, 0.15) is 11.6 Å². The molecule has 0 saturated carbocycles. The number of amides is 2. The van der Waals surface area contributed by atoms with Crippen LogP contribution >= 0.6 is 0 Å². The van der Waals surface area contributed by atoms with Crippen LogP contribution in [0.25, 0.3) is 0 Å². The molecular weight excluding hydrogens is 311 g/mol. The average molecular weight is 330 g/mol. The number of hydrogen-bond donors (Lipinski definition) is 1. The predicted molar refractivity (Wildman–Crippen MR) is 89.3 cm³/mol. The maximum atomic E-state index is 12.8. The summed E-state index contributed by atoms with van der Waals surface area (Å²) >= 11 is 0. The Hall–Kier alpha value is -2.89. The molecule has 5 nitrogen and oxygen atoms in total. The van der Waals surface area contributed by atoms with Crippen LogP contribution in [0.4, 0.5) is 10.1 Å². The summed E-state index contributed by atoms with van der Waals surface area (Å²) < 4.78 is 18.2. The van der Waals surface area contributed by atoms with Crippen LogP contribution < -0.4 is 10.1 Å². The molecule has 0 aliphatic carbocycles. The van der Waals surface area contributed by atoms with E-state index in [1.165, 1.54) is 36.2 Å². The smallest absolute Gasteiger partial charge is 0.260 e. The number of likely N-dealkylation sites (N-methyl/N-ethyl adjacent to an activating group) is 1. The van der Waals surface area contributed by atoms with E-state index in [0.717, 1.165) is 5.56 Å². The fourth-order valence-corrected chi connectivity index (χ4v) is 2.00. The fourth-order valence-electron chi connectivity index (χ4n) is 2.00. The van der Waals surface area contributed by atoms with Crippen LogP contribution in [0.15, 0.2) is 48.5 Å². The van der Waals surface area contributed by atoms with Crippen molar-refractivity contribution < 1.29 is 18.7 Å². The number of anilines is 1. The number of nitrogens with zero attached hydrogens (tertiary/aromatic N) is 1. The topological polar surface area (TPSA) is 58.6 Å². The van der Waals surface area contributed by atoms with Crippen LogP contribution in [0.2, 0.25) is 0 Å². The summed E-state index contributed by atoms with van der Waals surface area (Å²) in [5, 5.41) is 2.60. The Morgan fingerprint density at radius 1 is 1.17 bits per heavy atom. The Labute approximate surface area is 140 Å². The molecule has 0 bridgehead atoms. The van der Waals surface area contributed by atoms with Crippen LogP contribution in [0.1, 0.15) is 5.56 Å². The van der Waals surface area contributed by atoms with Crippen molar-refractivity contribution in [2.45, 2.75) is 6.92 Å². The number of ether oxygens (including phenoxy) is 1. The largest absolute Gasteiger partial charge is 0.484 e. The first-order valence-corrected chi connectivity index (χ1v) is 7.43. The number of carbonyl (C=O) groups is 2. The van der Waals surface area contributed by atoms with Gasteiger partial charge in [-0.2, -0.15) is 0 Å². The Morgan fingerprint density at radius 3 is 2.54 bits per heavy atom. The summed E-state index contributed by atoms with van der Waals surface area (Å²) in [4.78, 5) is 25.2. The zero-order valence-corrected chi connectivity index (χ0v) is 13.6. The van der Waals surface area contributed by atoms with Crippen LogP contribution in [0.5, 0.6) is 5.75 Å². The molecule has 0 aromatic heterocycles. The van der Waals surface area contributed by atoms with Gasteiger partial charge in [-0.25, -0.2) is 4.39 Å². The lowest BCUT2D eigenvalue weighted by atomic mass is 10.2. The maximum absolute atomic E-state index is 12.8. The molecule has 2 rings (SSSR count). The number of carbonyl (C=O) groups excluding carboxylic acids is 2. The Bertz CT molecular complexity index is 716. The Kier molecular flexibility index (Phi) is 5.89. The summed E-state index contributed by atoms with van der Waals surface area (Å²) in [6, 6.07) is 12.8. The molecule has 0 spiro atoms. The highest BCUT2D eigenvalue weighted by atomic mass is 19.1. The lowest BCUT2D eigenvalue weighted by Gasteiger charge is -2.17. The third-order valence-electron chi connectivity index (χ3n) is 3.29. The van der Waals surface area contributed by atoms with Crippen molar-refractivity contribution in [2.75, 3.05) is 25.5 Å². The number of rotatable bonds is 6. The van der Waals surface area contributed by atoms with Gasteiger partial charge in [0.2, 0.25) is 5.91 Å². The molecule has 126 valence electrons. The van der Waals surface area contributed by atoms with Gasteiger partial charge in [0.25, 0.3) is 5.91 Å². The quantitative estimate of drug-likeness (QED) is 0.886. The molecule has 2 aromatic carbocycles. The van der Waals surface area contributed by atoms with Crippen molar-refractivity contribution in [1.29, 1.82) is 0 Å². The van der Waals surface area contributed by atoms with Gasteiger partial charge in [-0.15, -0.1) is 0 Å². The minimum atomic E-state index is -0.381. The van der Waals surface area contributed by atoms with E-state index in [-0.39, 0.29) is 30.8 Å². The maximum Gasteiger partial charge on any atom is 0.260 e. The summed E-state index contributed by atoms with van der Waals surface area (Å²) in [7, 11) is 1.52. The fraction of sp³-hybridized carbons (Fsp3) is 0.222. The monoisotopic (exact) mass is 330 g/mol. The van der Waals surface area contributed by atoms with Gasteiger partial charge in [0.05, 0.1) is 6.54 Å². The molecule has 6 heteroatoms. The highest BCUT2D eigenvalue weighted by Crippen LogP contribution is 2.12. The highest BCUT2D eigenvalue weighted by molar-refractivity contribution is 5.94. The molecule has 0 aliphatic rings. The third kappa shape index (κ3) is 5.39. The van der Waals surface area contributed by atoms with Crippen molar-refractivity contribution in [3.05, 3.63) is 59.9 Å². The SMILES string of the molecule is Cc1cccc(OCC(=O)N(C)CC(=O)Nc2ccc(F)cc2)c1. The first-order chi connectivity index (χ1) is 11.4. The lowest BCUT2D eigenvalue weighted by molar-refractivity contribution is -0.135. The summed E-state index contributed by atoms with van der Waals surface area (Å²) in [6.07, 6.45) is 0. The Balaban J connectivity index is 1.80. The molecule has 0 saturated heterocycles. The van der Waals surface area contributed by atoms with E-state index in [9.17, 15) is 14.0 Å². The average Bonchev–Trinajstić information content (AvgIpc) is 2.54. The summed E-state index contributed by atoms with van der Waals surface area (Å²) in [5.74, 6) is -0.458. The lowest BCUT2D eigenvalue weighted by Crippen LogP contribution is -2.37. The molecule has 1 N–H and O–H groups in total. The molecule has 0 unspecified atom stereocenters. The van der Waals surface area contributed by atoms with Gasteiger partial charge in [0, 0.05) is 12.7 Å². The normalized spacial score (nSPS) is 10.1. The van der Waals surface area contributed by atoms with Gasteiger partial charge < -0.3 is 15.0 Å². The van der Waals surface area contributed by atoms with Crippen molar-refractivity contribution in [3.8, 4) is 5.75 Å². The third-order valence-corrected chi connectivity index (χ3v) is 3.29. The van der Waals surface area contributed by atoms with Gasteiger partial charge in [0.15, 0.2) is 6.61 Å².